The highest BCUT2D eigenvalue weighted by atomic mass is 19.1. The Morgan fingerprint density at radius 2 is 1.73 bits per heavy atom. The monoisotopic (exact) mass is 1010 g/mol. The summed E-state index contributed by atoms with van der Waals surface area (Å²) in [5, 5.41) is 19.6. The highest BCUT2D eigenvalue weighted by molar-refractivity contribution is 6.05. The number of rotatable bonds is 18. The number of halogens is 2. The predicted octanol–water partition coefficient (Wildman–Crippen LogP) is 7.54. The van der Waals surface area contributed by atoms with E-state index in [1.54, 1.807) is 21.8 Å². The van der Waals surface area contributed by atoms with Crippen LogP contribution in [0.1, 0.15) is 135 Å². The number of carbonyl (C=O) groups excluding carboxylic acids is 5. The molecule has 4 aliphatic heterocycles. The molecule has 388 valence electrons. The molecule has 16 nitrogen and oxygen atoms in total. The van der Waals surface area contributed by atoms with Crippen LogP contribution in [0.5, 0.6) is 5.75 Å². The van der Waals surface area contributed by atoms with Crippen LogP contribution in [0, 0.1) is 23.0 Å². The number of likely N-dealkylation sites (tertiary alicyclic amines) is 1. The molecule has 0 aliphatic carbocycles. The average molecular weight is 1010 g/mol. The van der Waals surface area contributed by atoms with E-state index in [-0.39, 0.29) is 36.7 Å². The van der Waals surface area contributed by atoms with Crippen molar-refractivity contribution in [2.75, 3.05) is 50.8 Å². The molecule has 0 bridgehead atoms. The van der Waals surface area contributed by atoms with Gasteiger partial charge in [-0.2, -0.15) is 10.4 Å². The number of imide groups is 1. The number of hydrogen-bond acceptors (Lipinski definition) is 11. The van der Waals surface area contributed by atoms with E-state index >= 15 is 0 Å². The molecule has 2 N–H and O–H groups in total. The highest BCUT2D eigenvalue weighted by Crippen LogP contribution is 2.36. The first kappa shape index (κ1) is 51.6. The number of amides is 5. The number of carbonyl (C=O) groups is 5. The molecule has 1 atom stereocenters. The molecule has 3 aromatic heterocycles. The van der Waals surface area contributed by atoms with Gasteiger partial charge in [0.15, 0.2) is 0 Å². The summed E-state index contributed by atoms with van der Waals surface area (Å²) < 4.78 is 36.8. The van der Waals surface area contributed by atoms with Crippen molar-refractivity contribution >= 4 is 40.9 Å². The van der Waals surface area contributed by atoms with E-state index in [0.717, 1.165) is 92.2 Å². The van der Waals surface area contributed by atoms with E-state index in [1.807, 2.05) is 56.0 Å². The lowest BCUT2D eigenvalue weighted by atomic mass is 9.85. The minimum atomic E-state index is -0.947. The highest BCUT2D eigenvalue weighted by Gasteiger charge is 2.42. The number of nitriles is 1. The topological polar surface area (TPSA) is 186 Å². The van der Waals surface area contributed by atoms with Crippen LogP contribution in [-0.4, -0.2) is 122 Å². The standard InChI is InChI=1S/C56H64F2N10O6/c1-4-74-43-29-44(52-41(30-59)32-61-68(52)34-43)39-12-16-49(60-31-39)65-25-20-56(21-26-65,63-53(71)46-28-42(57)13-14-47(46)58)35-67(36(2)3)51(70)9-7-5-6-8-22-64-23-18-37(19-24-64)38-10-11-40-33-66(55(73)45(40)27-38)48-15-17-50(69)62-54(48)72/h10-14,16,27-29,31-32,34,36-37,48H,4-9,15,17-26,33,35H2,1-3H3,(H,63,71)(H,62,69,72). The van der Waals surface area contributed by atoms with Crippen molar-refractivity contribution < 1.29 is 37.5 Å². The van der Waals surface area contributed by atoms with Crippen LogP contribution in [0.3, 0.4) is 0 Å². The third-order valence-electron chi connectivity index (χ3n) is 15.3. The predicted molar refractivity (Wildman–Crippen MR) is 273 cm³/mol. The van der Waals surface area contributed by atoms with Crippen molar-refractivity contribution in [2.45, 2.75) is 121 Å². The molecular formula is C56H64F2N10O6. The Morgan fingerprint density at radius 3 is 2.45 bits per heavy atom. The number of ether oxygens (including phenoxy) is 1. The van der Waals surface area contributed by atoms with Crippen LogP contribution in [0.15, 0.2) is 73.2 Å². The van der Waals surface area contributed by atoms with Crippen molar-refractivity contribution in [1.29, 1.82) is 5.26 Å². The maximum Gasteiger partial charge on any atom is 0.255 e. The maximum atomic E-state index is 15.0. The van der Waals surface area contributed by atoms with Crippen LogP contribution in [0.4, 0.5) is 14.6 Å². The fourth-order valence-electron chi connectivity index (χ4n) is 11.2. The van der Waals surface area contributed by atoms with Gasteiger partial charge in [-0.25, -0.2) is 18.3 Å². The first-order valence-corrected chi connectivity index (χ1v) is 26.1. The van der Waals surface area contributed by atoms with Gasteiger partial charge in [-0.15, -0.1) is 0 Å². The van der Waals surface area contributed by atoms with Crippen LogP contribution < -0.4 is 20.3 Å². The smallest absolute Gasteiger partial charge is 0.255 e. The third-order valence-corrected chi connectivity index (χ3v) is 15.3. The summed E-state index contributed by atoms with van der Waals surface area (Å²) in [6, 6.07) is 16.1. The second-order valence-corrected chi connectivity index (χ2v) is 20.4. The summed E-state index contributed by atoms with van der Waals surface area (Å²) in [7, 11) is 0. The lowest BCUT2D eigenvalue weighted by Gasteiger charge is -2.46. The van der Waals surface area contributed by atoms with Gasteiger partial charge in [0.2, 0.25) is 17.7 Å². The van der Waals surface area contributed by atoms with Gasteiger partial charge in [0.1, 0.15) is 35.3 Å². The fourth-order valence-corrected chi connectivity index (χ4v) is 11.2. The fraction of sp³-hybridized carbons (Fsp3) is 0.464. The van der Waals surface area contributed by atoms with E-state index in [4.69, 9.17) is 9.72 Å². The van der Waals surface area contributed by atoms with Gasteiger partial charge in [-0.05, 0) is 145 Å². The Labute approximate surface area is 430 Å². The van der Waals surface area contributed by atoms with Crippen LogP contribution in [-0.2, 0) is 20.9 Å². The first-order chi connectivity index (χ1) is 35.7. The second kappa shape index (κ2) is 22.5. The van der Waals surface area contributed by atoms with Gasteiger partial charge < -0.3 is 29.7 Å². The normalized spacial score (nSPS) is 18.1. The lowest BCUT2D eigenvalue weighted by molar-refractivity contribution is -0.137. The summed E-state index contributed by atoms with van der Waals surface area (Å²) in [5.41, 5.74) is 3.97. The minimum Gasteiger partial charge on any atom is -0.492 e. The van der Waals surface area contributed by atoms with E-state index in [9.17, 15) is 38.0 Å². The molecule has 0 radical (unpaired) electrons. The number of unbranched alkanes of at least 4 members (excludes halogenated alkanes) is 3. The summed E-state index contributed by atoms with van der Waals surface area (Å²) in [5.74, 6) is -1.53. The zero-order valence-corrected chi connectivity index (χ0v) is 42.4. The van der Waals surface area contributed by atoms with Crippen LogP contribution in [0.25, 0.3) is 16.6 Å². The first-order valence-electron chi connectivity index (χ1n) is 26.1. The van der Waals surface area contributed by atoms with Gasteiger partial charge in [-0.1, -0.05) is 25.0 Å². The largest absolute Gasteiger partial charge is 0.492 e. The van der Waals surface area contributed by atoms with Crippen LogP contribution >= 0.6 is 0 Å². The molecular weight excluding hydrogens is 947 g/mol. The van der Waals surface area contributed by atoms with Crippen molar-refractivity contribution in [3.8, 4) is 22.9 Å². The molecule has 18 heteroatoms. The van der Waals surface area contributed by atoms with E-state index in [0.29, 0.717) is 92.5 Å². The Bertz CT molecular complexity index is 2960. The Balaban J connectivity index is 0.773. The van der Waals surface area contributed by atoms with Gasteiger partial charge >= 0.3 is 0 Å². The minimum absolute atomic E-state index is 0.0236. The molecule has 74 heavy (non-hydrogen) atoms. The molecule has 1 unspecified atom stereocenters. The molecule has 9 rings (SSSR count). The zero-order chi connectivity index (χ0) is 52.1. The summed E-state index contributed by atoms with van der Waals surface area (Å²) in [6.07, 6.45) is 12.3. The van der Waals surface area contributed by atoms with Crippen LogP contribution in [0.2, 0.25) is 0 Å². The molecule has 0 spiro atoms. The number of pyridine rings is 2. The number of aromatic nitrogens is 3. The summed E-state index contributed by atoms with van der Waals surface area (Å²) >= 11 is 0. The maximum absolute atomic E-state index is 15.0. The third kappa shape index (κ3) is 11.3. The molecule has 0 saturated carbocycles. The van der Waals surface area contributed by atoms with Crippen molar-refractivity contribution in [3.05, 3.63) is 113 Å². The molecule has 5 amide bonds. The number of fused-ring (bicyclic) bond motifs is 2. The van der Waals surface area contributed by atoms with E-state index in [2.05, 4.69) is 37.7 Å². The van der Waals surface area contributed by atoms with Gasteiger partial charge in [0, 0.05) is 67.9 Å². The lowest BCUT2D eigenvalue weighted by Crippen LogP contribution is -2.62. The molecule has 3 saturated heterocycles. The molecule has 3 fully saturated rings. The summed E-state index contributed by atoms with van der Waals surface area (Å²) in [6.45, 7) is 10.6. The van der Waals surface area contributed by atoms with Gasteiger partial charge in [0.25, 0.3) is 11.8 Å². The Morgan fingerprint density at radius 1 is 0.946 bits per heavy atom. The van der Waals surface area contributed by atoms with Crippen molar-refractivity contribution in [1.82, 2.24) is 39.9 Å². The van der Waals surface area contributed by atoms with Crippen molar-refractivity contribution in [3.63, 3.8) is 0 Å². The van der Waals surface area contributed by atoms with E-state index in [1.165, 1.54) is 6.20 Å². The average Bonchev–Trinajstić information content (AvgIpc) is 3.97. The molecule has 5 aromatic rings. The quantitative estimate of drug-likeness (QED) is 0.0653. The van der Waals surface area contributed by atoms with Crippen molar-refractivity contribution in [2.24, 2.45) is 0 Å². The number of nitrogens with one attached hydrogen (secondary N) is 2. The van der Waals surface area contributed by atoms with E-state index < -0.39 is 40.6 Å². The Kier molecular flexibility index (Phi) is 15.7. The molecule has 4 aliphatic rings. The van der Waals surface area contributed by atoms with Gasteiger partial charge in [-0.3, -0.25) is 29.3 Å². The Hall–Kier alpha value is -7.26. The number of nitrogens with zero attached hydrogens (tertiary/aromatic N) is 8. The number of benzene rings is 2. The zero-order valence-electron chi connectivity index (χ0n) is 42.4. The molecule has 2 aromatic carbocycles. The summed E-state index contributed by atoms with van der Waals surface area (Å²) in [4.78, 5) is 78.3. The van der Waals surface area contributed by atoms with Gasteiger partial charge in [0.05, 0.1) is 41.2 Å². The number of piperidine rings is 3. The second-order valence-electron chi connectivity index (χ2n) is 20.4. The molecule has 7 heterocycles. The number of hydrogen-bond donors (Lipinski definition) is 2. The SMILES string of the molecule is CCOc1cc(-c2ccc(N3CCC(CN(C(=O)CCCCCCN4CCC(c5ccc6c(c5)C(=O)N(C5CCC(=O)NC5=O)C6)CC4)C(C)C)(NC(=O)c4cc(F)ccc4F)CC3)nc2)c2c(C#N)cnn2c1. The number of anilines is 1.